The van der Waals surface area contributed by atoms with E-state index in [9.17, 15) is 0 Å². The fraction of sp³-hybridized carbons (Fsp3) is 0.375. The lowest BCUT2D eigenvalue weighted by Gasteiger charge is -2.29. The monoisotopic (exact) mass is 299 g/mol. The number of nitrogen functional groups attached to an aromatic ring is 1. The number of morpholine rings is 1. The summed E-state index contributed by atoms with van der Waals surface area (Å²) in [5.74, 6) is 1.41. The summed E-state index contributed by atoms with van der Waals surface area (Å²) in [7, 11) is 0. The van der Waals surface area contributed by atoms with Crippen LogP contribution in [0, 0.1) is 13.8 Å². The Morgan fingerprint density at radius 3 is 2.73 bits per heavy atom. The molecule has 0 saturated carbocycles. The van der Waals surface area contributed by atoms with Gasteiger partial charge in [0.25, 0.3) is 0 Å². The standard InChI is InChI=1S/C16H21N5O/c1-11-3-4-12(2)13(9-11)20-15-14(17)16(19-10-18-15)21-5-7-22-8-6-21/h3-4,9-10H,5-8,17H2,1-2H3,(H,18,19,20). The van der Waals surface area contributed by atoms with Crippen molar-refractivity contribution in [2.45, 2.75) is 13.8 Å². The van der Waals surface area contributed by atoms with E-state index in [1.54, 1.807) is 6.33 Å². The first-order valence-corrected chi connectivity index (χ1v) is 7.42. The Labute approximate surface area is 130 Å². The second-order valence-electron chi connectivity index (χ2n) is 5.50. The van der Waals surface area contributed by atoms with Crippen LogP contribution in [0.1, 0.15) is 11.1 Å². The Morgan fingerprint density at radius 2 is 1.95 bits per heavy atom. The molecule has 0 aliphatic carbocycles. The van der Waals surface area contributed by atoms with Gasteiger partial charge in [0, 0.05) is 18.8 Å². The number of hydrogen-bond donors (Lipinski definition) is 2. The van der Waals surface area contributed by atoms with Gasteiger partial charge in [0.1, 0.15) is 12.0 Å². The van der Waals surface area contributed by atoms with Gasteiger partial charge in [-0.2, -0.15) is 0 Å². The van der Waals surface area contributed by atoms with Gasteiger partial charge >= 0.3 is 0 Å². The smallest absolute Gasteiger partial charge is 0.159 e. The van der Waals surface area contributed by atoms with Crippen molar-refractivity contribution < 1.29 is 4.74 Å². The Kier molecular flexibility index (Phi) is 4.11. The third kappa shape index (κ3) is 2.96. The van der Waals surface area contributed by atoms with Crippen molar-refractivity contribution in [2.24, 2.45) is 0 Å². The second-order valence-corrected chi connectivity index (χ2v) is 5.50. The molecular weight excluding hydrogens is 278 g/mol. The van der Waals surface area contributed by atoms with Gasteiger partial charge in [-0.25, -0.2) is 9.97 Å². The highest BCUT2D eigenvalue weighted by Crippen LogP contribution is 2.30. The van der Waals surface area contributed by atoms with Gasteiger partial charge in [-0.3, -0.25) is 0 Å². The zero-order valence-electron chi connectivity index (χ0n) is 13.0. The van der Waals surface area contributed by atoms with E-state index < -0.39 is 0 Å². The van der Waals surface area contributed by atoms with E-state index in [2.05, 4.69) is 52.2 Å². The number of ether oxygens (including phenoxy) is 1. The van der Waals surface area contributed by atoms with E-state index in [0.29, 0.717) is 24.7 Å². The molecule has 22 heavy (non-hydrogen) atoms. The fourth-order valence-electron chi connectivity index (χ4n) is 2.51. The lowest BCUT2D eigenvalue weighted by atomic mass is 10.1. The Morgan fingerprint density at radius 1 is 1.18 bits per heavy atom. The van der Waals surface area contributed by atoms with Gasteiger partial charge in [0.05, 0.1) is 13.2 Å². The highest BCUT2D eigenvalue weighted by Gasteiger charge is 2.18. The van der Waals surface area contributed by atoms with Gasteiger partial charge in [0.15, 0.2) is 11.6 Å². The first kappa shape index (κ1) is 14.6. The minimum Gasteiger partial charge on any atom is -0.393 e. The Hall–Kier alpha value is -2.34. The predicted molar refractivity (Wildman–Crippen MR) is 88.7 cm³/mol. The van der Waals surface area contributed by atoms with Gasteiger partial charge in [-0.15, -0.1) is 0 Å². The highest BCUT2D eigenvalue weighted by molar-refractivity contribution is 5.79. The van der Waals surface area contributed by atoms with E-state index in [-0.39, 0.29) is 0 Å². The molecule has 0 radical (unpaired) electrons. The molecule has 0 bridgehead atoms. The number of nitrogens with one attached hydrogen (secondary N) is 1. The lowest BCUT2D eigenvalue weighted by molar-refractivity contribution is 0.122. The molecule has 0 atom stereocenters. The van der Waals surface area contributed by atoms with Crippen LogP contribution < -0.4 is 16.0 Å². The molecule has 1 aliphatic heterocycles. The van der Waals surface area contributed by atoms with Crippen molar-refractivity contribution in [3.8, 4) is 0 Å². The third-order valence-corrected chi connectivity index (χ3v) is 3.82. The first-order chi connectivity index (χ1) is 10.6. The topological polar surface area (TPSA) is 76.3 Å². The van der Waals surface area contributed by atoms with Crippen molar-refractivity contribution in [1.29, 1.82) is 0 Å². The second kappa shape index (κ2) is 6.19. The van der Waals surface area contributed by atoms with E-state index in [4.69, 9.17) is 10.5 Å². The molecule has 0 unspecified atom stereocenters. The summed E-state index contributed by atoms with van der Waals surface area (Å²) < 4.78 is 5.37. The molecule has 116 valence electrons. The third-order valence-electron chi connectivity index (χ3n) is 3.82. The summed E-state index contributed by atoms with van der Waals surface area (Å²) in [4.78, 5) is 10.8. The number of hydrogen-bond acceptors (Lipinski definition) is 6. The minimum atomic E-state index is 0.574. The summed E-state index contributed by atoms with van der Waals surface area (Å²) >= 11 is 0. The molecule has 1 aliphatic rings. The average Bonchev–Trinajstić information content (AvgIpc) is 2.54. The van der Waals surface area contributed by atoms with E-state index >= 15 is 0 Å². The van der Waals surface area contributed by atoms with Crippen molar-refractivity contribution in [1.82, 2.24) is 9.97 Å². The van der Waals surface area contributed by atoms with E-state index in [0.717, 1.165) is 30.2 Å². The van der Waals surface area contributed by atoms with Crippen LogP contribution in [0.25, 0.3) is 0 Å². The van der Waals surface area contributed by atoms with Crippen LogP contribution in [0.5, 0.6) is 0 Å². The van der Waals surface area contributed by atoms with E-state index in [1.165, 1.54) is 5.56 Å². The number of anilines is 4. The summed E-state index contributed by atoms with van der Waals surface area (Å²) in [6, 6.07) is 6.26. The summed E-state index contributed by atoms with van der Waals surface area (Å²) in [6.07, 6.45) is 1.55. The molecular formula is C16H21N5O. The summed E-state index contributed by atoms with van der Waals surface area (Å²) in [5, 5.41) is 3.33. The molecule has 1 aromatic heterocycles. The number of rotatable bonds is 3. The van der Waals surface area contributed by atoms with Gasteiger partial charge in [-0.05, 0) is 31.0 Å². The van der Waals surface area contributed by atoms with Crippen molar-refractivity contribution in [3.63, 3.8) is 0 Å². The zero-order chi connectivity index (χ0) is 15.5. The molecule has 6 heteroatoms. The Balaban J connectivity index is 1.89. The molecule has 2 aromatic rings. The normalized spacial score (nSPS) is 14.9. The molecule has 6 nitrogen and oxygen atoms in total. The van der Waals surface area contributed by atoms with Crippen LogP contribution in [-0.4, -0.2) is 36.3 Å². The average molecular weight is 299 g/mol. The number of nitrogens with zero attached hydrogens (tertiary/aromatic N) is 3. The lowest BCUT2D eigenvalue weighted by Crippen LogP contribution is -2.37. The SMILES string of the molecule is Cc1ccc(C)c(Nc2ncnc(N3CCOCC3)c2N)c1. The van der Waals surface area contributed by atoms with Crippen LogP contribution in [0.4, 0.5) is 23.0 Å². The number of benzene rings is 1. The zero-order valence-corrected chi connectivity index (χ0v) is 13.0. The molecule has 2 heterocycles. The number of aryl methyl sites for hydroxylation is 2. The Bertz CT molecular complexity index is 668. The van der Waals surface area contributed by atoms with Gasteiger partial charge in [-0.1, -0.05) is 12.1 Å². The largest absolute Gasteiger partial charge is 0.393 e. The molecule has 1 saturated heterocycles. The molecule has 3 rings (SSSR count). The predicted octanol–water partition coefficient (Wildman–Crippen LogP) is 2.26. The molecule has 3 N–H and O–H groups in total. The van der Waals surface area contributed by atoms with E-state index in [1.807, 2.05) is 0 Å². The van der Waals surface area contributed by atoms with Crippen molar-refractivity contribution in [3.05, 3.63) is 35.7 Å². The fourth-order valence-corrected chi connectivity index (χ4v) is 2.51. The minimum absolute atomic E-state index is 0.574. The van der Waals surface area contributed by atoms with Crippen molar-refractivity contribution in [2.75, 3.05) is 42.3 Å². The maximum atomic E-state index is 6.28. The summed E-state index contributed by atoms with van der Waals surface area (Å²) in [5.41, 5.74) is 10.2. The van der Waals surface area contributed by atoms with Crippen LogP contribution in [-0.2, 0) is 4.74 Å². The maximum absolute atomic E-state index is 6.28. The summed E-state index contributed by atoms with van der Waals surface area (Å²) in [6.45, 7) is 7.11. The number of aromatic nitrogens is 2. The van der Waals surface area contributed by atoms with Crippen molar-refractivity contribution >= 4 is 23.0 Å². The van der Waals surface area contributed by atoms with Crippen LogP contribution in [0.2, 0.25) is 0 Å². The first-order valence-electron chi connectivity index (χ1n) is 7.42. The number of nitrogens with two attached hydrogens (primary N) is 1. The molecule has 0 spiro atoms. The van der Waals surface area contributed by atoms with Gasteiger partial charge < -0.3 is 20.7 Å². The van der Waals surface area contributed by atoms with Crippen LogP contribution in [0.3, 0.4) is 0 Å². The highest BCUT2D eigenvalue weighted by atomic mass is 16.5. The van der Waals surface area contributed by atoms with Crippen LogP contribution in [0.15, 0.2) is 24.5 Å². The maximum Gasteiger partial charge on any atom is 0.159 e. The van der Waals surface area contributed by atoms with Gasteiger partial charge in [0.2, 0.25) is 0 Å². The van der Waals surface area contributed by atoms with Crippen LogP contribution >= 0.6 is 0 Å². The quantitative estimate of drug-likeness (QED) is 0.905. The molecule has 1 aromatic carbocycles. The molecule has 1 fully saturated rings. The molecule has 0 amide bonds.